The quantitative estimate of drug-likeness (QED) is 0.267. The highest BCUT2D eigenvalue weighted by Crippen LogP contribution is 2.36. The SMILES string of the molecule is COCC1(O)CCN(c2c(F)cc(N3C[C@H](CCC(C)=O)OC3=O)cc2F)CC1.COCC1(O)CCN(c2c(F)cc(N3C[C@H](CO)OC3=O)cc2F)CC1. The number of aliphatic hydroxyl groups excluding tert-OH is 1. The van der Waals surface area contributed by atoms with Crippen molar-refractivity contribution in [2.45, 2.75) is 68.9 Å². The summed E-state index contributed by atoms with van der Waals surface area (Å²) in [4.78, 5) is 40.3. The van der Waals surface area contributed by atoms with Gasteiger partial charge in [-0.2, -0.15) is 0 Å². The van der Waals surface area contributed by atoms with E-state index >= 15 is 0 Å². The first-order valence-corrected chi connectivity index (χ1v) is 18.1. The molecule has 2 aromatic rings. The van der Waals surface area contributed by atoms with E-state index in [9.17, 15) is 42.2 Å². The Kier molecular flexibility index (Phi) is 13.5. The predicted octanol–water partition coefficient (Wildman–Crippen LogP) is 3.90. The average Bonchev–Trinajstić information content (AvgIpc) is 3.70. The van der Waals surface area contributed by atoms with Crippen molar-refractivity contribution in [3.63, 3.8) is 0 Å². The van der Waals surface area contributed by atoms with E-state index in [1.54, 1.807) is 4.90 Å². The summed E-state index contributed by atoms with van der Waals surface area (Å²) < 4.78 is 78.8. The molecule has 0 radical (unpaired) electrons. The number of nitrogens with zero attached hydrogens (tertiary/aromatic N) is 4. The molecule has 0 spiro atoms. The van der Waals surface area contributed by atoms with Crippen molar-refractivity contribution in [3.8, 4) is 0 Å². The third kappa shape index (κ3) is 9.96. The number of methoxy groups -OCH3 is 2. The van der Waals surface area contributed by atoms with Gasteiger partial charge in [0.05, 0.1) is 55.5 Å². The Morgan fingerprint density at radius 3 is 1.42 bits per heavy atom. The van der Waals surface area contributed by atoms with Gasteiger partial charge in [0.25, 0.3) is 0 Å². The van der Waals surface area contributed by atoms with E-state index in [2.05, 4.69) is 0 Å². The van der Waals surface area contributed by atoms with Crippen LogP contribution in [0.4, 0.5) is 49.9 Å². The first-order chi connectivity index (χ1) is 26.1. The van der Waals surface area contributed by atoms with E-state index < -0.39 is 58.9 Å². The van der Waals surface area contributed by atoms with Crippen molar-refractivity contribution in [2.24, 2.45) is 0 Å². The second-order valence-electron chi connectivity index (χ2n) is 14.5. The molecule has 2 aromatic carbocycles. The first kappa shape index (κ1) is 41.9. The van der Waals surface area contributed by atoms with Gasteiger partial charge in [-0.1, -0.05) is 0 Å². The Bertz CT molecular complexity index is 1660. The molecule has 4 saturated heterocycles. The number of benzene rings is 2. The van der Waals surface area contributed by atoms with Gasteiger partial charge in [-0.15, -0.1) is 0 Å². The molecule has 0 unspecified atom stereocenters. The molecule has 0 saturated carbocycles. The van der Waals surface area contributed by atoms with Gasteiger partial charge in [0.2, 0.25) is 0 Å². The van der Waals surface area contributed by atoms with Crippen LogP contribution in [-0.2, 0) is 23.7 Å². The molecule has 3 N–H and O–H groups in total. The Morgan fingerprint density at radius 1 is 0.727 bits per heavy atom. The lowest BCUT2D eigenvalue weighted by Gasteiger charge is -2.39. The minimum atomic E-state index is -0.994. The van der Waals surface area contributed by atoms with Crippen LogP contribution in [0.15, 0.2) is 24.3 Å². The number of amides is 2. The number of aliphatic hydroxyl groups is 3. The smallest absolute Gasteiger partial charge is 0.414 e. The van der Waals surface area contributed by atoms with Gasteiger partial charge in [0.1, 0.15) is 29.4 Å². The average molecular weight is 785 g/mol. The summed E-state index contributed by atoms with van der Waals surface area (Å²) in [7, 11) is 2.99. The predicted molar refractivity (Wildman–Crippen MR) is 191 cm³/mol. The van der Waals surface area contributed by atoms with Crippen molar-refractivity contribution in [2.75, 3.05) is 92.9 Å². The Morgan fingerprint density at radius 2 is 1.09 bits per heavy atom. The number of rotatable bonds is 12. The summed E-state index contributed by atoms with van der Waals surface area (Å²) in [6.45, 7) is 2.74. The van der Waals surface area contributed by atoms with Crippen molar-refractivity contribution in [1.82, 2.24) is 0 Å². The molecule has 4 fully saturated rings. The largest absolute Gasteiger partial charge is 0.444 e. The van der Waals surface area contributed by atoms with Crippen LogP contribution in [0, 0.1) is 23.3 Å². The highest BCUT2D eigenvalue weighted by Gasteiger charge is 2.38. The fraction of sp³-hybridized carbons (Fsp3) is 0.595. The zero-order chi connectivity index (χ0) is 40.1. The van der Waals surface area contributed by atoms with Crippen LogP contribution in [0.2, 0.25) is 0 Å². The molecule has 0 aliphatic carbocycles. The summed E-state index contributed by atoms with van der Waals surface area (Å²) in [5, 5.41) is 29.8. The second kappa shape index (κ2) is 17.7. The molecule has 55 heavy (non-hydrogen) atoms. The monoisotopic (exact) mass is 784 g/mol. The van der Waals surface area contributed by atoms with Crippen LogP contribution < -0.4 is 19.6 Å². The summed E-state index contributed by atoms with van der Waals surface area (Å²) in [5.41, 5.74) is -2.22. The molecule has 304 valence electrons. The highest BCUT2D eigenvalue weighted by atomic mass is 19.1. The number of halogens is 4. The molecule has 0 bridgehead atoms. The topological polar surface area (TPSA) is 162 Å². The first-order valence-electron chi connectivity index (χ1n) is 18.1. The minimum Gasteiger partial charge on any atom is -0.444 e. The van der Waals surface area contributed by atoms with E-state index in [1.165, 1.54) is 30.9 Å². The number of hydrogen-bond donors (Lipinski definition) is 3. The summed E-state index contributed by atoms with van der Waals surface area (Å²) in [6, 6.07) is 4.39. The van der Waals surface area contributed by atoms with Crippen molar-refractivity contribution < 1.29 is 66.2 Å². The number of hydrogen-bond acceptors (Lipinski definition) is 12. The van der Waals surface area contributed by atoms with Crippen LogP contribution in [0.3, 0.4) is 0 Å². The number of carbonyl (C=O) groups is 3. The number of ketones is 1. The normalized spacial score (nSPS) is 22.0. The third-order valence-corrected chi connectivity index (χ3v) is 10.2. The standard InChI is InChI=1S/C20H26F2N2O5.C17H22F2N2O5/c1-13(25)3-4-15-11-24(19(26)29-15)14-9-16(21)18(17(22)10-14)23-7-5-20(27,6-8-23)12-28-2;1-25-10-17(24)2-4-20(5-3-17)15-13(18)6-11(7-14(15)19)21-8-12(9-22)26-16(21)23/h9-10,15,27H,3-8,11-12H2,1-2H3;6-7,12,22,24H,2-5,8-10H2,1H3/t15-;12-/m01/s1. The van der Waals surface area contributed by atoms with Gasteiger partial charge in [-0.05, 0) is 39.0 Å². The molecule has 6 rings (SSSR count). The lowest BCUT2D eigenvalue weighted by molar-refractivity contribution is -0.117. The van der Waals surface area contributed by atoms with E-state index in [-0.39, 0.29) is 94.0 Å². The molecule has 4 aliphatic rings. The van der Waals surface area contributed by atoms with Crippen molar-refractivity contribution in [3.05, 3.63) is 47.5 Å². The number of piperidine rings is 2. The number of anilines is 4. The van der Waals surface area contributed by atoms with Crippen LogP contribution in [0.5, 0.6) is 0 Å². The molecule has 2 atom stereocenters. The van der Waals surface area contributed by atoms with Crippen LogP contribution >= 0.6 is 0 Å². The number of Topliss-reactive ketones (excluding diaryl/α,β-unsaturated/α-hetero) is 1. The van der Waals surface area contributed by atoms with Gasteiger partial charge in [0, 0.05) is 71.1 Å². The Balaban J connectivity index is 0.000000212. The van der Waals surface area contributed by atoms with E-state index in [0.717, 1.165) is 29.2 Å². The summed E-state index contributed by atoms with van der Waals surface area (Å²) in [5.74, 6) is -3.16. The summed E-state index contributed by atoms with van der Waals surface area (Å²) in [6.07, 6.45) is -0.667. The number of ether oxygens (including phenoxy) is 4. The molecule has 4 heterocycles. The van der Waals surface area contributed by atoms with Crippen LogP contribution in [0.1, 0.15) is 45.4 Å². The van der Waals surface area contributed by atoms with E-state index in [1.807, 2.05) is 0 Å². The summed E-state index contributed by atoms with van der Waals surface area (Å²) >= 11 is 0. The van der Waals surface area contributed by atoms with E-state index in [0.29, 0.717) is 32.1 Å². The maximum absolute atomic E-state index is 14.8. The molecular formula is C37H48F4N4O10. The van der Waals surface area contributed by atoms with Gasteiger partial charge in [-0.3, -0.25) is 9.80 Å². The van der Waals surface area contributed by atoms with Gasteiger partial charge in [-0.25, -0.2) is 27.2 Å². The zero-order valence-electron chi connectivity index (χ0n) is 31.1. The lowest BCUT2D eigenvalue weighted by atomic mass is 9.92. The second-order valence-corrected chi connectivity index (χ2v) is 14.5. The molecule has 2 amide bonds. The number of cyclic esters (lactones) is 2. The molecular weight excluding hydrogens is 736 g/mol. The fourth-order valence-electron chi connectivity index (χ4n) is 7.21. The number of carbonyl (C=O) groups excluding carboxylic acids is 3. The third-order valence-electron chi connectivity index (χ3n) is 10.2. The van der Waals surface area contributed by atoms with Gasteiger partial charge in [0.15, 0.2) is 23.3 Å². The van der Waals surface area contributed by atoms with Gasteiger partial charge >= 0.3 is 12.2 Å². The van der Waals surface area contributed by atoms with Crippen LogP contribution in [-0.4, -0.2) is 130 Å². The maximum atomic E-state index is 14.8. The maximum Gasteiger partial charge on any atom is 0.414 e. The van der Waals surface area contributed by atoms with Gasteiger partial charge < -0.3 is 48.9 Å². The molecule has 14 nitrogen and oxygen atoms in total. The van der Waals surface area contributed by atoms with E-state index in [4.69, 9.17) is 24.1 Å². The zero-order valence-corrected chi connectivity index (χ0v) is 31.1. The van der Waals surface area contributed by atoms with Crippen molar-refractivity contribution in [1.29, 1.82) is 0 Å². The Hall–Kier alpha value is -4.23. The Labute approximate surface area is 316 Å². The molecule has 0 aromatic heterocycles. The van der Waals surface area contributed by atoms with Crippen LogP contribution in [0.25, 0.3) is 0 Å². The lowest BCUT2D eigenvalue weighted by Crippen LogP contribution is -2.47. The molecule has 18 heteroatoms. The minimum absolute atomic E-state index is 0.0140. The highest BCUT2D eigenvalue weighted by molar-refractivity contribution is 5.91. The van der Waals surface area contributed by atoms with Crippen molar-refractivity contribution >= 4 is 40.7 Å². The fourth-order valence-corrected chi connectivity index (χ4v) is 7.21. The molecule has 4 aliphatic heterocycles.